The zero-order valence-electron chi connectivity index (χ0n) is 7.51. The molecule has 1 aliphatic heterocycles. The van der Waals surface area contributed by atoms with E-state index in [4.69, 9.17) is 5.73 Å². The van der Waals surface area contributed by atoms with Crippen molar-refractivity contribution in [3.63, 3.8) is 0 Å². The molecule has 1 heterocycles. The monoisotopic (exact) mass is 185 g/mol. The van der Waals surface area contributed by atoms with Gasteiger partial charge in [-0.1, -0.05) is 0 Å². The minimum Gasteiger partial charge on any atom is -0.368 e. The second-order valence-corrected chi connectivity index (χ2v) is 3.21. The third-order valence-corrected chi connectivity index (χ3v) is 2.15. The largest absolute Gasteiger partial charge is 0.368 e. The maximum absolute atomic E-state index is 11.4. The van der Waals surface area contributed by atoms with Crippen molar-refractivity contribution < 1.29 is 9.59 Å². The van der Waals surface area contributed by atoms with Crippen molar-refractivity contribution in [1.29, 1.82) is 0 Å². The van der Waals surface area contributed by atoms with Gasteiger partial charge in [0, 0.05) is 5.92 Å². The first-order valence-corrected chi connectivity index (χ1v) is 4.47. The molecule has 2 amide bonds. The van der Waals surface area contributed by atoms with Gasteiger partial charge in [-0.15, -0.1) is 0 Å². The molecule has 1 saturated heterocycles. The van der Waals surface area contributed by atoms with Gasteiger partial charge in [0.25, 0.3) is 0 Å². The molecule has 1 rings (SSSR count). The van der Waals surface area contributed by atoms with E-state index in [-0.39, 0.29) is 18.4 Å². The van der Waals surface area contributed by atoms with Crippen LogP contribution >= 0.6 is 0 Å². The number of hydrogen-bond acceptors (Lipinski definition) is 3. The molecule has 1 fully saturated rings. The van der Waals surface area contributed by atoms with Crippen LogP contribution in [0.5, 0.6) is 0 Å². The summed E-state index contributed by atoms with van der Waals surface area (Å²) >= 11 is 0. The molecule has 0 aliphatic carbocycles. The number of amides is 2. The van der Waals surface area contributed by atoms with Crippen LogP contribution in [0.4, 0.5) is 0 Å². The Morgan fingerprint density at radius 1 is 1.38 bits per heavy atom. The summed E-state index contributed by atoms with van der Waals surface area (Å²) in [4.78, 5) is 21.7. The highest BCUT2D eigenvalue weighted by molar-refractivity contribution is 5.84. The van der Waals surface area contributed by atoms with Crippen LogP contribution in [0.3, 0.4) is 0 Å². The summed E-state index contributed by atoms with van der Waals surface area (Å²) < 4.78 is 0. The van der Waals surface area contributed by atoms with Gasteiger partial charge in [0.2, 0.25) is 11.8 Å². The summed E-state index contributed by atoms with van der Waals surface area (Å²) in [5.74, 6) is -0.511. The topological polar surface area (TPSA) is 84.2 Å². The lowest BCUT2D eigenvalue weighted by Gasteiger charge is -2.21. The zero-order chi connectivity index (χ0) is 9.68. The van der Waals surface area contributed by atoms with Gasteiger partial charge in [-0.25, -0.2) is 0 Å². The zero-order valence-corrected chi connectivity index (χ0v) is 7.51. The summed E-state index contributed by atoms with van der Waals surface area (Å²) in [5.41, 5.74) is 4.90. The minimum absolute atomic E-state index is 0.0422. The molecule has 0 saturated carbocycles. The van der Waals surface area contributed by atoms with Gasteiger partial charge in [0.1, 0.15) is 0 Å². The Labute approximate surface area is 77.1 Å². The highest BCUT2D eigenvalue weighted by Crippen LogP contribution is 2.10. The van der Waals surface area contributed by atoms with Gasteiger partial charge >= 0.3 is 0 Å². The molecule has 0 radical (unpaired) electrons. The maximum Gasteiger partial charge on any atom is 0.236 e. The van der Waals surface area contributed by atoms with Gasteiger partial charge in [0.05, 0.1) is 6.54 Å². The van der Waals surface area contributed by atoms with Crippen LogP contribution in [0.1, 0.15) is 12.8 Å². The predicted octanol–water partition coefficient (Wildman–Crippen LogP) is -1.41. The smallest absolute Gasteiger partial charge is 0.236 e. The number of rotatable bonds is 3. The Balaban J connectivity index is 2.25. The van der Waals surface area contributed by atoms with Gasteiger partial charge in [-0.05, 0) is 25.9 Å². The number of primary amides is 1. The lowest BCUT2D eigenvalue weighted by atomic mass is 9.97. The first-order valence-electron chi connectivity index (χ1n) is 4.47. The summed E-state index contributed by atoms with van der Waals surface area (Å²) in [6, 6.07) is 0. The summed E-state index contributed by atoms with van der Waals surface area (Å²) in [7, 11) is 0. The molecule has 0 unspecified atom stereocenters. The van der Waals surface area contributed by atoms with E-state index < -0.39 is 5.91 Å². The molecule has 0 aromatic heterocycles. The molecule has 0 spiro atoms. The molecule has 0 bridgehead atoms. The first-order chi connectivity index (χ1) is 6.20. The highest BCUT2D eigenvalue weighted by atomic mass is 16.2. The fourth-order valence-electron chi connectivity index (χ4n) is 1.40. The van der Waals surface area contributed by atoms with Gasteiger partial charge < -0.3 is 16.4 Å². The van der Waals surface area contributed by atoms with Gasteiger partial charge in [-0.3, -0.25) is 9.59 Å². The van der Waals surface area contributed by atoms with Crippen LogP contribution in [0.2, 0.25) is 0 Å². The Kier molecular flexibility index (Phi) is 3.70. The van der Waals surface area contributed by atoms with Crippen LogP contribution < -0.4 is 16.4 Å². The summed E-state index contributed by atoms with van der Waals surface area (Å²) in [6.45, 7) is 1.69. The van der Waals surface area contributed by atoms with Crippen LogP contribution in [0.15, 0.2) is 0 Å². The van der Waals surface area contributed by atoms with Crippen LogP contribution in [0.25, 0.3) is 0 Å². The van der Waals surface area contributed by atoms with E-state index in [0.29, 0.717) is 0 Å². The Hall–Kier alpha value is -1.10. The first kappa shape index (κ1) is 9.98. The number of carbonyl (C=O) groups is 2. The Morgan fingerprint density at radius 3 is 2.54 bits per heavy atom. The van der Waals surface area contributed by atoms with Crippen molar-refractivity contribution in [3.05, 3.63) is 0 Å². The Bertz CT molecular complexity index is 200. The van der Waals surface area contributed by atoms with E-state index in [1.807, 2.05) is 0 Å². The number of nitrogens with two attached hydrogens (primary N) is 1. The fourth-order valence-corrected chi connectivity index (χ4v) is 1.40. The third-order valence-electron chi connectivity index (χ3n) is 2.15. The molecule has 0 aromatic carbocycles. The van der Waals surface area contributed by atoms with Crippen LogP contribution in [0, 0.1) is 5.92 Å². The number of carbonyl (C=O) groups excluding carboxylic acids is 2. The van der Waals surface area contributed by atoms with E-state index in [9.17, 15) is 9.59 Å². The molecule has 5 nitrogen and oxygen atoms in total. The second kappa shape index (κ2) is 4.81. The summed E-state index contributed by atoms with van der Waals surface area (Å²) in [6.07, 6.45) is 1.68. The lowest BCUT2D eigenvalue weighted by molar-refractivity contribution is -0.128. The highest BCUT2D eigenvalue weighted by Gasteiger charge is 2.20. The Morgan fingerprint density at radius 2 is 2.00 bits per heavy atom. The van der Waals surface area contributed by atoms with Crippen molar-refractivity contribution in [1.82, 2.24) is 10.6 Å². The van der Waals surface area contributed by atoms with E-state index in [2.05, 4.69) is 10.6 Å². The number of nitrogens with one attached hydrogen (secondary N) is 2. The van der Waals surface area contributed by atoms with Gasteiger partial charge in [0.15, 0.2) is 0 Å². The van der Waals surface area contributed by atoms with E-state index in [0.717, 1.165) is 25.9 Å². The quantitative estimate of drug-likeness (QED) is 0.505. The molecular formula is C8H15N3O2. The molecule has 5 heteroatoms. The van der Waals surface area contributed by atoms with Crippen molar-refractivity contribution in [2.24, 2.45) is 11.7 Å². The van der Waals surface area contributed by atoms with Crippen molar-refractivity contribution in [2.45, 2.75) is 12.8 Å². The molecule has 0 aromatic rings. The predicted molar refractivity (Wildman–Crippen MR) is 47.8 cm³/mol. The van der Waals surface area contributed by atoms with Crippen LogP contribution in [-0.2, 0) is 9.59 Å². The number of hydrogen-bond donors (Lipinski definition) is 3. The van der Waals surface area contributed by atoms with Gasteiger partial charge in [-0.2, -0.15) is 0 Å². The summed E-state index contributed by atoms with van der Waals surface area (Å²) in [5, 5.41) is 5.67. The second-order valence-electron chi connectivity index (χ2n) is 3.21. The maximum atomic E-state index is 11.4. The molecule has 0 atom stereocenters. The number of piperidine rings is 1. The van der Waals surface area contributed by atoms with E-state index >= 15 is 0 Å². The van der Waals surface area contributed by atoms with E-state index in [1.54, 1.807) is 0 Å². The standard InChI is InChI=1S/C8H15N3O2/c9-7(12)5-11-8(13)6-1-3-10-4-2-6/h6,10H,1-5H2,(H2,9,12)(H,11,13). The van der Waals surface area contributed by atoms with Crippen LogP contribution in [-0.4, -0.2) is 31.4 Å². The lowest BCUT2D eigenvalue weighted by Crippen LogP contribution is -2.41. The average Bonchev–Trinajstić information content (AvgIpc) is 2.15. The molecule has 4 N–H and O–H groups in total. The average molecular weight is 185 g/mol. The van der Waals surface area contributed by atoms with Crippen molar-refractivity contribution in [2.75, 3.05) is 19.6 Å². The molecular weight excluding hydrogens is 170 g/mol. The molecule has 13 heavy (non-hydrogen) atoms. The SMILES string of the molecule is NC(=O)CNC(=O)C1CCNCC1. The van der Waals surface area contributed by atoms with Crippen molar-refractivity contribution >= 4 is 11.8 Å². The molecule has 1 aliphatic rings. The van der Waals surface area contributed by atoms with E-state index in [1.165, 1.54) is 0 Å². The molecule has 74 valence electrons. The third kappa shape index (κ3) is 3.42. The van der Waals surface area contributed by atoms with Crippen molar-refractivity contribution in [3.8, 4) is 0 Å². The minimum atomic E-state index is -0.498. The normalized spacial score (nSPS) is 18.2. The fraction of sp³-hybridized carbons (Fsp3) is 0.750.